The molecule has 25 heavy (non-hydrogen) atoms. The van der Waals surface area contributed by atoms with Crippen molar-refractivity contribution in [2.24, 2.45) is 5.73 Å². The lowest BCUT2D eigenvalue weighted by atomic mass is 10.2. The van der Waals surface area contributed by atoms with Crippen molar-refractivity contribution in [3.05, 3.63) is 59.9 Å². The molecule has 2 N–H and O–H groups in total. The molecule has 1 aromatic carbocycles. The van der Waals surface area contributed by atoms with Crippen molar-refractivity contribution in [2.45, 2.75) is 5.75 Å². The largest absolute Gasteiger partial charge is 0.369 e. The van der Waals surface area contributed by atoms with Crippen LogP contribution in [0.2, 0.25) is 0 Å². The highest BCUT2D eigenvalue weighted by molar-refractivity contribution is 7.88. The molecule has 2 heterocycles. The normalized spacial score (nSPS) is 15.9. The van der Waals surface area contributed by atoms with Crippen LogP contribution < -0.4 is 10.6 Å². The zero-order valence-electron chi connectivity index (χ0n) is 13.7. The number of pyridine rings is 1. The molecule has 1 aromatic heterocycles. The van der Waals surface area contributed by atoms with Crippen molar-refractivity contribution in [3.8, 4) is 0 Å². The van der Waals surface area contributed by atoms with Crippen molar-refractivity contribution >= 4 is 21.6 Å². The van der Waals surface area contributed by atoms with Crippen molar-refractivity contribution in [1.29, 1.82) is 0 Å². The third kappa shape index (κ3) is 4.15. The fourth-order valence-electron chi connectivity index (χ4n) is 2.85. The SMILES string of the molecule is NC(=O)c1cc(N2CCN(S(=O)(=O)Cc3ccccc3)CC2)ccn1. The second-order valence-corrected chi connectivity index (χ2v) is 7.86. The number of carbonyl (C=O) groups is 1. The van der Waals surface area contributed by atoms with E-state index in [-0.39, 0.29) is 11.4 Å². The fourth-order valence-corrected chi connectivity index (χ4v) is 4.37. The molecule has 0 saturated carbocycles. The van der Waals surface area contributed by atoms with Gasteiger partial charge >= 0.3 is 0 Å². The van der Waals surface area contributed by atoms with Crippen LogP contribution in [-0.2, 0) is 15.8 Å². The van der Waals surface area contributed by atoms with Gasteiger partial charge in [0.1, 0.15) is 5.69 Å². The van der Waals surface area contributed by atoms with Crippen LogP contribution in [0.4, 0.5) is 5.69 Å². The van der Waals surface area contributed by atoms with Crippen molar-refractivity contribution in [1.82, 2.24) is 9.29 Å². The number of amides is 1. The van der Waals surface area contributed by atoms with Crippen LogP contribution in [0, 0.1) is 0 Å². The number of sulfonamides is 1. The van der Waals surface area contributed by atoms with E-state index in [0.29, 0.717) is 26.2 Å². The van der Waals surface area contributed by atoms with E-state index in [2.05, 4.69) is 4.98 Å². The molecule has 0 atom stereocenters. The van der Waals surface area contributed by atoms with E-state index in [4.69, 9.17) is 5.73 Å². The maximum Gasteiger partial charge on any atom is 0.267 e. The number of hydrogen-bond donors (Lipinski definition) is 1. The lowest BCUT2D eigenvalue weighted by Crippen LogP contribution is -2.49. The number of rotatable bonds is 5. The number of nitrogens with two attached hydrogens (primary N) is 1. The molecule has 1 fully saturated rings. The van der Waals surface area contributed by atoms with Gasteiger partial charge in [-0.25, -0.2) is 8.42 Å². The Bertz CT molecular complexity index is 847. The standard InChI is InChI=1S/C17H20N4O3S/c18-17(22)16-12-15(6-7-19-16)20-8-10-21(11-9-20)25(23,24)13-14-4-2-1-3-5-14/h1-7,12H,8-11,13H2,(H2,18,22). The Labute approximate surface area is 147 Å². The van der Waals surface area contributed by atoms with E-state index >= 15 is 0 Å². The zero-order valence-corrected chi connectivity index (χ0v) is 14.5. The van der Waals surface area contributed by atoms with Gasteiger partial charge in [-0.2, -0.15) is 4.31 Å². The Morgan fingerprint density at radius 2 is 1.76 bits per heavy atom. The minimum Gasteiger partial charge on any atom is -0.369 e. The number of carbonyl (C=O) groups excluding carboxylic acids is 1. The molecule has 0 bridgehead atoms. The molecule has 0 unspecified atom stereocenters. The van der Waals surface area contributed by atoms with Gasteiger partial charge in [-0.15, -0.1) is 0 Å². The third-order valence-electron chi connectivity index (χ3n) is 4.19. The van der Waals surface area contributed by atoms with E-state index in [1.807, 2.05) is 35.2 Å². The molecule has 2 aromatic rings. The van der Waals surface area contributed by atoms with Gasteiger partial charge in [-0.05, 0) is 17.7 Å². The van der Waals surface area contributed by atoms with Crippen LogP contribution >= 0.6 is 0 Å². The maximum atomic E-state index is 12.6. The lowest BCUT2D eigenvalue weighted by molar-refractivity contribution is 0.0995. The maximum absolute atomic E-state index is 12.6. The number of benzene rings is 1. The predicted octanol–water partition coefficient (Wildman–Crippen LogP) is 0.832. The first kappa shape index (κ1) is 17.4. The molecule has 1 amide bonds. The Morgan fingerprint density at radius 1 is 1.08 bits per heavy atom. The minimum absolute atomic E-state index is 0.00885. The Balaban J connectivity index is 1.65. The molecule has 132 valence electrons. The molecule has 7 nitrogen and oxygen atoms in total. The average Bonchev–Trinajstić information content (AvgIpc) is 2.62. The average molecular weight is 360 g/mol. The van der Waals surface area contributed by atoms with E-state index in [1.165, 1.54) is 10.5 Å². The summed E-state index contributed by atoms with van der Waals surface area (Å²) in [6, 6.07) is 12.6. The summed E-state index contributed by atoms with van der Waals surface area (Å²) in [5.41, 5.74) is 7.07. The number of aromatic nitrogens is 1. The summed E-state index contributed by atoms with van der Waals surface area (Å²) in [5.74, 6) is -0.569. The van der Waals surface area contributed by atoms with Crippen LogP contribution in [-0.4, -0.2) is 49.8 Å². The zero-order chi connectivity index (χ0) is 17.9. The molecule has 0 spiro atoms. The summed E-state index contributed by atoms with van der Waals surface area (Å²) >= 11 is 0. The summed E-state index contributed by atoms with van der Waals surface area (Å²) in [6.07, 6.45) is 1.54. The van der Waals surface area contributed by atoms with Crippen LogP contribution in [0.25, 0.3) is 0 Å². The van der Waals surface area contributed by atoms with E-state index in [0.717, 1.165) is 11.3 Å². The van der Waals surface area contributed by atoms with Gasteiger partial charge in [0, 0.05) is 38.1 Å². The number of anilines is 1. The highest BCUT2D eigenvalue weighted by Crippen LogP contribution is 2.19. The molecule has 1 aliphatic heterocycles. The molecule has 3 rings (SSSR count). The first-order chi connectivity index (χ1) is 12.0. The number of primary amides is 1. The Morgan fingerprint density at radius 3 is 2.40 bits per heavy atom. The van der Waals surface area contributed by atoms with E-state index in [1.54, 1.807) is 12.1 Å². The fraction of sp³-hybridized carbons (Fsp3) is 0.294. The topological polar surface area (TPSA) is 96.6 Å². The lowest BCUT2D eigenvalue weighted by Gasteiger charge is -2.35. The van der Waals surface area contributed by atoms with E-state index < -0.39 is 15.9 Å². The quantitative estimate of drug-likeness (QED) is 0.852. The second kappa shape index (κ2) is 7.20. The molecular formula is C17H20N4O3S. The summed E-state index contributed by atoms with van der Waals surface area (Å²) in [7, 11) is -3.34. The van der Waals surface area contributed by atoms with Gasteiger partial charge in [0.2, 0.25) is 10.0 Å². The number of piperazine rings is 1. The van der Waals surface area contributed by atoms with Crippen molar-refractivity contribution < 1.29 is 13.2 Å². The highest BCUT2D eigenvalue weighted by atomic mass is 32.2. The van der Waals surface area contributed by atoms with Gasteiger partial charge in [0.15, 0.2) is 0 Å². The van der Waals surface area contributed by atoms with Gasteiger partial charge < -0.3 is 10.6 Å². The van der Waals surface area contributed by atoms with Crippen LogP contribution in [0.15, 0.2) is 48.7 Å². The van der Waals surface area contributed by atoms with Gasteiger partial charge in [-0.1, -0.05) is 30.3 Å². The van der Waals surface area contributed by atoms with Crippen molar-refractivity contribution in [3.63, 3.8) is 0 Å². The van der Waals surface area contributed by atoms with Gasteiger partial charge in [-0.3, -0.25) is 9.78 Å². The Kier molecular flexibility index (Phi) is 5.00. The van der Waals surface area contributed by atoms with Crippen molar-refractivity contribution in [2.75, 3.05) is 31.1 Å². The first-order valence-electron chi connectivity index (χ1n) is 7.98. The molecule has 1 saturated heterocycles. The summed E-state index contributed by atoms with van der Waals surface area (Å²) in [5, 5.41) is 0. The predicted molar refractivity (Wildman–Crippen MR) is 95.6 cm³/mol. The highest BCUT2D eigenvalue weighted by Gasteiger charge is 2.27. The first-order valence-corrected chi connectivity index (χ1v) is 9.59. The van der Waals surface area contributed by atoms with Gasteiger partial charge in [0.05, 0.1) is 5.75 Å². The Hall–Kier alpha value is -2.45. The van der Waals surface area contributed by atoms with Gasteiger partial charge in [0.25, 0.3) is 5.91 Å². The van der Waals surface area contributed by atoms with Crippen LogP contribution in [0.3, 0.4) is 0 Å². The minimum atomic E-state index is -3.34. The number of nitrogens with zero attached hydrogens (tertiary/aromatic N) is 3. The molecule has 0 radical (unpaired) electrons. The summed E-state index contributed by atoms with van der Waals surface area (Å²) < 4.78 is 26.7. The molecule has 8 heteroatoms. The molecule has 1 aliphatic rings. The summed E-state index contributed by atoms with van der Waals surface area (Å²) in [4.78, 5) is 17.2. The smallest absolute Gasteiger partial charge is 0.267 e. The van der Waals surface area contributed by atoms with E-state index in [9.17, 15) is 13.2 Å². The number of hydrogen-bond acceptors (Lipinski definition) is 5. The second-order valence-electron chi connectivity index (χ2n) is 5.89. The van der Waals surface area contributed by atoms with Crippen LogP contribution in [0.5, 0.6) is 0 Å². The van der Waals surface area contributed by atoms with Crippen LogP contribution in [0.1, 0.15) is 16.1 Å². The summed E-state index contributed by atoms with van der Waals surface area (Å²) in [6.45, 7) is 1.92. The molecular weight excluding hydrogens is 340 g/mol. The molecule has 0 aliphatic carbocycles. The monoisotopic (exact) mass is 360 g/mol. The third-order valence-corrected chi connectivity index (χ3v) is 6.04.